The summed E-state index contributed by atoms with van der Waals surface area (Å²) in [5, 5.41) is 3.10. The molecule has 8 heteroatoms. The van der Waals surface area contributed by atoms with E-state index in [0.717, 1.165) is 82.4 Å². The number of carbonyl (C=O) groups is 2. The summed E-state index contributed by atoms with van der Waals surface area (Å²) in [5.41, 5.74) is 2.36. The number of aromatic nitrogens is 2. The number of ether oxygens (including phenoxy) is 1. The second-order valence-electron chi connectivity index (χ2n) is 9.33. The molecule has 0 spiro atoms. The highest BCUT2D eigenvalue weighted by Crippen LogP contribution is 2.32. The third-order valence-electron chi connectivity index (χ3n) is 7.10. The smallest absolute Gasteiger partial charge is 0.251 e. The van der Waals surface area contributed by atoms with Gasteiger partial charge in [-0.05, 0) is 56.7 Å². The largest absolute Gasteiger partial charge is 0.381 e. The van der Waals surface area contributed by atoms with Crippen LogP contribution in [0.4, 0.5) is 0 Å². The molecule has 1 unspecified atom stereocenters. The molecule has 3 aliphatic rings. The molecule has 0 radical (unpaired) electrons. The number of nitrogens with zero attached hydrogens (tertiary/aromatic N) is 3. The average Bonchev–Trinajstić information content (AvgIpc) is 3.58. The molecule has 1 aliphatic carbocycles. The highest BCUT2D eigenvalue weighted by Gasteiger charge is 2.37. The maximum absolute atomic E-state index is 12.7. The molecule has 1 atom stereocenters. The van der Waals surface area contributed by atoms with Crippen LogP contribution in [0.15, 0.2) is 24.5 Å². The third-order valence-corrected chi connectivity index (χ3v) is 7.10. The quantitative estimate of drug-likeness (QED) is 0.690. The van der Waals surface area contributed by atoms with E-state index in [1.165, 1.54) is 0 Å². The number of piperidine rings is 1. The number of carbonyl (C=O) groups excluding carboxylic acids is 2. The zero-order valence-electron chi connectivity index (χ0n) is 18.6. The van der Waals surface area contributed by atoms with Gasteiger partial charge in [0.1, 0.15) is 0 Å². The van der Waals surface area contributed by atoms with E-state index in [0.29, 0.717) is 30.1 Å². The molecule has 2 aliphatic heterocycles. The Morgan fingerprint density at radius 3 is 2.81 bits per heavy atom. The summed E-state index contributed by atoms with van der Waals surface area (Å²) in [6.45, 7) is 4.66. The second-order valence-corrected chi connectivity index (χ2v) is 9.33. The molecule has 8 nitrogen and oxygen atoms in total. The number of benzene rings is 1. The molecule has 172 valence electrons. The van der Waals surface area contributed by atoms with Crippen LogP contribution in [0, 0.1) is 5.92 Å². The first-order valence-corrected chi connectivity index (χ1v) is 12.0. The lowest BCUT2D eigenvalue weighted by Crippen LogP contribution is -2.55. The van der Waals surface area contributed by atoms with Crippen LogP contribution in [-0.2, 0) is 9.53 Å². The molecule has 3 heterocycles. The number of likely N-dealkylation sites (tertiary alicyclic amines) is 1. The zero-order chi connectivity index (χ0) is 21.9. The van der Waals surface area contributed by atoms with Crippen LogP contribution in [0.3, 0.4) is 0 Å². The SMILES string of the molecule is O=C(NCCN(C1CCOCC1)C1CCCN(C(=O)C2CC2)C1)c1ccc2nc[nH]c2c1. The van der Waals surface area contributed by atoms with E-state index in [1.807, 2.05) is 18.2 Å². The summed E-state index contributed by atoms with van der Waals surface area (Å²) in [6.07, 6.45) is 7.93. The van der Waals surface area contributed by atoms with Crippen molar-refractivity contribution in [3.05, 3.63) is 30.1 Å². The molecule has 3 fully saturated rings. The Labute approximate surface area is 188 Å². The third kappa shape index (κ3) is 4.81. The monoisotopic (exact) mass is 439 g/mol. The van der Waals surface area contributed by atoms with Crippen molar-refractivity contribution in [2.45, 2.75) is 50.6 Å². The minimum atomic E-state index is -0.0670. The maximum atomic E-state index is 12.7. The van der Waals surface area contributed by atoms with Crippen LogP contribution in [-0.4, -0.2) is 83.1 Å². The summed E-state index contributed by atoms with van der Waals surface area (Å²) in [6, 6.07) is 6.33. The minimum Gasteiger partial charge on any atom is -0.381 e. The number of H-pyrrole nitrogens is 1. The normalized spacial score (nSPS) is 22.4. The van der Waals surface area contributed by atoms with Crippen molar-refractivity contribution in [1.82, 2.24) is 25.1 Å². The van der Waals surface area contributed by atoms with E-state index in [1.54, 1.807) is 6.33 Å². The fourth-order valence-corrected chi connectivity index (χ4v) is 5.17. The van der Waals surface area contributed by atoms with Gasteiger partial charge in [-0.1, -0.05) is 0 Å². The first-order chi connectivity index (χ1) is 15.7. The standard InChI is InChI=1S/C24H33N5O3/c30-23(18-5-6-21-22(14-18)27-16-26-21)25-9-11-29(19-7-12-32-13-8-19)20-2-1-10-28(15-20)24(31)17-3-4-17/h5-6,14,16-17,19-20H,1-4,7-13,15H2,(H,25,30)(H,26,27). The number of nitrogens with one attached hydrogen (secondary N) is 2. The molecule has 2 aromatic rings. The van der Waals surface area contributed by atoms with Crippen molar-refractivity contribution >= 4 is 22.8 Å². The molecule has 5 rings (SSSR count). The molecule has 2 amide bonds. The van der Waals surface area contributed by atoms with Crippen molar-refractivity contribution in [3.8, 4) is 0 Å². The van der Waals surface area contributed by atoms with Crippen molar-refractivity contribution < 1.29 is 14.3 Å². The molecule has 1 aromatic carbocycles. The fourth-order valence-electron chi connectivity index (χ4n) is 5.17. The summed E-state index contributed by atoms with van der Waals surface area (Å²) >= 11 is 0. The van der Waals surface area contributed by atoms with Gasteiger partial charge in [-0.2, -0.15) is 0 Å². The Kier molecular flexibility index (Phi) is 6.41. The van der Waals surface area contributed by atoms with Crippen LogP contribution in [0.25, 0.3) is 11.0 Å². The van der Waals surface area contributed by atoms with Gasteiger partial charge in [0.25, 0.3) is 5.91 Å². The zero-order valence-corrected chi connectivity index (χ0v) is 18.6. The number of hydrogen-bond donors (Lipinski definition) is 2. The number of amides is 2. The number of rotatable bonds is 7. The van der Waals surface area contributed by atoms with Gasteiger partial charge in [-0.3, -0.25) is 14.5 Å². The Hall–Kier alpha value is -2.45. The highest BCUT2D eigenvalue weighted by atomic mass is 16.5. The molecule has 1 aromatic heterocycles. The summed E-state index contributed by atoms with van der Waals surface area (Å²) in [4.78, 5) is 37.3. The first-order valence-electron chi connectivity index (χ1n) is 12.0. The van der Waals surface area contributed by atoms with E-state index >= 15 is 0 Å². The van der Waals surface area contributed by atoms with Crippen molar-refractivity contribution in [3.63, 3.8) is 0 Å². The molecule has 2 N–H and O–H groups in total. The molecule has 32 heavy (non-hydrogen) atoms. The number of imidazole rings is 1. The van der Waals surface area contributed by atoms with Gasteiger partial charge in [0, 0.05) is 63.0 Å². The summed E-state index contributed by atoms with van der Waals surface area (Å²) in [7, 11) is 0. The highest BCUT2D eigenvalue weighted by molar-refractivity contribution is 5.97. The number of hydrogen-bond acceptors (Lipinski definition) is 5. The van der Waals surface area contributed by atoms with Gasteiger partial charge in [-0.25, -0.2) is 4.98 Å². The predicted octanol–water partition coefficient (Wildman–Crippen LogP) is 2.17. The van der Waals surface area contributed by atoms with Gasteiger partial charge >= 0.3 is 0 Å². The Morgan fingerprint density at radius 1 is 1.16 bits per heavy atom. The average molecular weight is 440 g/mol. The second kappa shape index (κ2) is 9.58. The van der Waals surface area contributed by atoms with Crippen LogP contribution in [0.2, 0.25) is 0 Å². The van der Waals surface area contributed by atoms with E-state index in [-0.39, 0.29) is 11.8 Å². The fraction of sp³-hybridized carbons (Fsp3) is 0.625. The molecule has 2 saturated heterocycles. The summed E-state index contributed by atoms with van der Waals surface area (Å²) in [5.74, 6) is 0.559. The molecule has 1 saturated carbocycles. The van der Waals surface area contributed by atoms with Gasteiger partial charge < -0.3 is 19.9 Å². The van der Waals surface area contributed by atoms with Crippen molar-refractivity contribution in [2.75, 3.05) is 39.4 Å². The van der Waals surface area contributed by atoms with Gasteiger partial charge in [0.15, 0.2) is 0 Å². The predicted molar refractivity (Wildman–Crippen MR) is 121 cm³/mol. The van der Waals surface area contributed by atoms with Crippen molar-refractivity contribution in [2.24, 2.45) is 5.92 Å². The Balaban J connectivity index is 1.21. The van der Waals surface area contributed by atoms with Crippen molar-refractivity contribution in [1.29, 1.82) is 0 Å². The molecular formula is C24H33N5O3. The van der Waals surface area contributed by atoms with E-state index < -0.39 is 0 Å². The van der Waals surface area contributed by atoms with E-state index in [9.17, 15) is 9.59 Å². The van der Waals surface area contributed by atoms with Gasteiger partial charge in [-0.15, -0.1) is 0 Å². The van der Waals surface area contributed by atoms with Gasteiger partial charge in [0.2, 0.25) is 5.91 Å². The molecular weight excluding hydrogens is 406 g/mol. The topological polar surface area (TPSA) is 90.6 Å². The maximum Gasteiger partial charge on any atom is 0.251 e. The lowest BCUT2D eigenvalue weighted by Gasteiger charge is -2.44. The van der Waals surface area contributed by atoms with Gasteiger partial charge in [0.05, 0.1) is 17.4 Å². The lowest BCUT2D eigenvalue weighted by atomic mass is 9.98. The Bertz CT molecular complexity index is 950. The van der Waals surface area contributed by atoms with Crippen LogP contribution >= 0.6 is 0 Å². The summed E-state index contributed by atoms with van der Waals surface area (Å²) < 4.78 is 5.60. The van der Waals surface area contributed by atoms with Crippen LogP contribution in [0.5, 0.6) is 0 Å². The van der Waals surface area contributed by atoms with E-state index in [4.69, 9.17) is 4.74 Å². The minimum absolute atomic E-state index is 0.0670. The Morgan fingerprint density at radius 2 is 2.00 bits per heavy atom. The number of fused-ring (bicyclic) bond motifs is 1. The lowest BCUT2D eigenvalue weighted by molar-refractivity contribution is -0.135. The van der Waals surface area contributed by atoms with E-state index in [2.05, 4.69) is 25.1 Å². The van der Waals surface area contributed by atoms with Crippen LogP contribution in [0.1, 0.15) is 48.9 Å². The number of aromatic amines is 1. The van der Waals surface area contributed by atoms with Crippen LogP contribution < -0.4 is 5.32 Å². The first kappa shape index (κ1) is 21.4. The molecule has 0 bridgehead atoms.